The van der Waals surface area contributed by atoms with Gasteiger partial charge in [0.1, 0.15) is 17.5 Å². The Morgan fingerprint density at radius 1 is 1.40 bits per heavy atom. The highest BCUT2D eigenvalue weighted by atomic mass is 32.1. The maximum Gasteiger partial charge on any atom is 0.223 e. The molecule has 1 amide bonds. The third kappa shape index (κ3) is 2.23. The number of likely N-dealkylation sites (tertiary alicyclic amines) is 1. The molecule has 1 saturated heterocycles. The molecule has 0 radical (unpaired) electrons. The molecule has 5 heteroatoms. The number of ether oxygens (including phenoxy) is 1. The SMILES string of the molecule is CC1(C)Oc2ccsc2[C@@H](N2CCCCCC2=O)[C@@H]1O. The molecule has 0 bridgehead atoms. The number of hydrogen-bond acceptors (Lipinski definition) is 4. The van der Waals surface area contributed by atoms with Gasteiger partial charge in [0, 0.05) is 13.0 Å². The normalized spacial score (nSPS) is 29.6. The quantitative estimate of drug-likeness (QED) is 0.866. The first-order valence-corrected chi connectivity index (χ1v) is 8.12. The van der Waals surface area contributed by atoms with Gasteiger partial charge in [0.05, 0.1) is 10.9 Å². The summed E-state index contributed by atoms with van der Waals surface area (Å²) in [4.78, 5) is 15.2. The van der Waals surface area contributed by atoms with Crippen LogP contribution in [0, 0.1) is 0 Å². The van der Waals surface area contributed by atoms with Crippen molar-refractivity contribution in [1.82, 2.24) is 4.90 Å². The molecule has 2 aliphatic rings. The summed E-state index contributed by atoms with van der Waals surface area (Å²) in [6, 6.07) is 1.67. The van der Waals surface area contributed by atoms with Crippen molar-refractivity contribution in [2.45, 2.75) is 57.3 Å². The summed E-state index contributed by atoms with van der Waals surface area (Å²) in [6.07, 6.45) is 2.94. The third-order valence-electron chi connectivity index (χ3n) is 4.26. The first kappa shape index (κ1) is 13.9. The summed E-state index contributed by atoms with van der Waals surface area (Å²) < 4.78 is 5.88. The van der Waals surface area contributed by atoms with Gasteiger partial charge in [-0.1, -0.05) is 6.42 Å². The number of thiophene rings is 1. The molecule has 0 aliphatic carbocycles. The minimum absolute atomic E-state index is 0.156. The molecule has 1 fully saturated rings. The number of carbonyl (C=O) groups excluding carboxylic acids is 1. The topological polar surface area (TPSA) is 49.8 Å². The maximum absolute atomic E-state index is 12.4. The molecule has 3 heterocycles. The number of fused-ring (bicyclic) bond motifs is 1. The van der Waals surface area contributed by atoms with Crippen LogP contribution in [-0.4, -0.2) is 34.2 Å². The van der Waals surface area contributed by atoms with Crippen LogP contribution in [0.15, 0.2) is 11.4 Å². The van der Waals surface area contributed by atoms with E-state index in [-0.39, 0.29) is 11.9 Å². The molecule has 3 rings (SSSR count). The number of amides is 1. The minimum Gasteiger partial charge on any atom is -0.484 e. The maximum atomic E-state index is 12.4. The summed E-state index contributed by atoms with van der Waals surface area (Å²) in [7, 11) is 0. The van der Waals surface area contributed by atoms with Gasteiger partial charge in [0.25, 0.3) is 0 Å². The predicted octanol–water partition coefficient (Wildman–Crippen LogP) is 2.72. The van der Waals surface area contributed by atoms with Gasteiger partial charge in [-0.25, -0.2) is 0 Å². The Morgan fingerprint density at radius 3 is 3.00 bits per heavy atom. The average molecular weight is 295 g/mol. The fraction of sp³-hybridized carbons (Fsp3) is 0.667. The lowest BCUT2D eigenvalue weighted by Gasteiger charge is -2.44. The van der Waals surface area contributed by atoms with Crippen LogP contribution in [0.1, 0.15) is 50.4 Å². The van der Waals surface area contributed by atoms with E-state index in [9.17, 15) is 9.90 Å². The van der Waals surface area contributed by atoms with Gasteiger partial charge in [-0.3, -0.25) is 4.79 Å². The summed E-state index contributed by atoms with van der Waals surface area (Å²) in [5.74, 6) is 0.968. The Morgan fingerprint density at radius 2 is 2.20 bits per heavy atom. The zero-order chi connectivity index (χ0) is 14.3. The number of hydrogen-bond donors (Lipinski definition) is 1. The van der Waals surface area contributed by atoms with Gasteiger partial charge in [0.2, 0.25) is 5.91 Å². The Balaban J connectivity index is 2.00. The van der Waals surface area contributed by atoms with Crippen molar-refractivity contribution >= 4 is 17.2 Å². The van der Waals surface area contributed by atoms with Crippen LogP contribution in [0.4, 0.5) is 0 Å². The molecule has 0 unspecified atom stereocenters. The van der Waals surface area contributed by atoms with Crippen molar-refractivity contribution in [3.05, 3.63) is 16.3 Å². The van der Waals surface area contributed by atoms with Crippen molar-refractivity contribution in [2.75, 3.05) is 6.54 Å². The molecule has 1 N–H and O–H groups in total. The lowest BCUT2D eigenvalue weighted by molar-refractivity contribution is -0.143. The fourth-order valence-electron chi connectivity index (χ4n) is 3.09. The number of aliphatic hydroxyl groups excluding tert-OH is 1. The first-order valence-electron chi connectivity index (χ1n) is 7.24. The van der Waals surface area contributed by atoms with Crippen molar-refractivity contribution in [2.24, 2.45) is 0 Å². The fourth-order valence-corrected chi connectivity index (χ4v) is 4.05. The summed E-state index contributed by atoms with van der Waals surface area (Å²) in [5, 5.41) is 12.7. The second-order valence-corrected chi connectivity index (χ2v) is 7.09. The van der Waals surface area contributed by atoms with E-state index in [1.54, 1.807) is 11.3 Å². The van der Waals surface area contributed by atoms with Crippen LogP contribution in [0.3, 0.4) is 0 Å². The lowest BCUT2D eigenvalue weighted by Crippen LogP contribution is -2.54. The number of carbonyl (C=O) groups is 1. The highest BCUT2D eigenvalue weighted by Crippen LogP contribution is 2.46. The Kier molecular flexibility index (Phi) is 3.50. The summed E-state index contributed by atoms with van der Waals surface area (Å²) in [6.45, 7) is 4.50. The van der Waals surface area contributed by atoms with Crippen LogP contribution in [0.2, 0.25) is 0 Å². The minimum atomic E-state index is -0.698. The molecule has 0 spiro atoms. The van der Waals surface area contributed by atoms with E-state index in [1.807, 2.05) is 30.2 Å². The molecule has 4 nitrogen and oxygen atoms in total. The molecule has 0 aromatic carbocycles. The largest absolute Gasteiger partial charge is 0.484 e. The van der Waals surface area contributed by atoms with E-state index < -0.39 is 11.7 Å². The van der Waals surface area contributed by atoms with Gasteiger partial charge in [-0.15, -0.1) is 11.3 Å². The molecule has 2 aliphatic heterocycles. The van der Waals surface area contributed by atoms with E-state index in [4.69, 9.17) is 4.74 Å². The van der Waals surface area contributed by atoms with Gasteiger partial charge in [-0.2, -0.15) is 0 Å². The Hall–Kier alpha value is -1.07. The van der Waals surface area contributed by atoms with Crippen molar-refractivity contribution in [3.63, 3.8) is 0 Å². The van der Waals surface area contributed by atoms with Gasteiger partial charge >= 0.3 is 0 Å². The van der Waals surface area contributed by atoms with Crippen LogP contribution in [-0.2, 0) is 4.79 Å². The van der Waals surface area contributed by atoms with Gasteiger partial charge in [0.15, 0.2) is 0 Å². The van der Waals surface area contributed by atoms with Crippen LogP contribution in [0.25, 0.3) is 0 Å². The molecule has 110 valence electrons. The number of aliphatic hydroxyl groups is 1. The zero-order valence-electron chi connectivity index (χ0n) is 12.0. The summed E-state index contributed by atoms with van der Waals surface area (Å²) in [5.41, 5.74) is -0.675. The first-order chi connectivity index (χ1) is 9.50. The molecule has 1 aromatic heterocycles. The standard InChI is InChI=1S/C15H21NO3S/c1-15(2)14(18)12(13-10(19-15)7-9-20-13)16-8-5-3-4-6-11(16)17/h7,9,12,14,18H,3-6,8H2,1-2H3/t12-,14+/m1/s1. The lowest BCUT2D eigenvalue weighted by atomic mass is 9.89. The van der Waals surface area contributed by atoms with Crippen LogP contribution >= 0.6 is 11.3 Å². The van der Waals surface area contributed by atoms with Gasteiger partial charge < -0.3 is 14.7 Å². The van der Waals surface area contributed by atoms with Crippen LogP contribution < -0.4 is 4.74 Å². The highest BCUT2D eigenvalue weighted by Gasteiger charge is 2.47. The molecular weight excluding hydrogens is 274 g/mol. The van der Waals surface area contributed by atoms with Gasteiger partial charge in [-0.05, 0) is 38.1 Å². The van der Waals surface area contributed by atoms with E-state index in [1.165, 1.54) is 0 Å². The monoisotopic (exact) mass is 295 g/mol. The van der Waals surface area contributed by atoms with E-state index in [0.717, 1.165) is 36.4 Å². The summed E-state index contributed by atoms with van der Waals surface area (Å²) >= 11 is 1.56. The molecular formula is C15H21NO3S. The third-order valence-corrected chi connectivity index (χ3v) is 5.22. The van der Waals surface area contributed by atoms with Crippen molar-refractivity contribution in [1.29, 1.82) is 0 Å². The second-order valence-electron chi connectivity index (χ2n) is 6.14. The van der Waals surface area contributed by atoms with E-state index >= 15 is 0 Å². The second kappa shape index (κ2) is 5.04. The number of rotatable bonds is 1. The van der Waals surface area contributed by atoms with Crippen LogP contribution in [0.5, 0.6) is 5.75 Å². The van der Waals surface area contributed by atoms with Crippen molar-refractivity contribution < 1.29 is 14.6 Å². The zero-order valence-corrected chi connectivity index (χ0v) is 12.8. The Bertz CT molecular complexity index is 511. The number of nitrogens with zero attached hydrogens (tertiary/aromatic N) is 1. The van der Waals surface area contributed by atoms with E-state index in [2.05, 4.69) is 0 Å². The smallest absolute Gasteiger partial charge is 0.223 e. The van der Waals surface area contributed by atoms with E-state index in [0.29, 0.717) is 6.42 Å². The molecule has 2 atom stereocenters. The Labute approximate surface area is 123 Å². The predicted molar refractivity (Wildman–Crippen MR) is 78.0 cm³/mol. The van der Waals surface area contributed by atoms with Crippen molar-refractivity contribution in [3.8, 4) is 5.75 Å². The molecule has 20 heavy (non-hydrogen) atoms. The highest BCUT2D eigenvalue weighted by molar-refractivity contribution is 7.10. The molecule has 0 saturated carbocycles. The average Bonchev–Trinajstić information content (AvgIpc) is 2.72. The molecule has 1 aromatic rings.